The largest absolute Gasteiger partial charge is 0.495 e. The SMILES string of the molecule is COc1cc(Cl)c(-c2ccc(C=O)cc2)cc1Cl. The lowest BCUT2D eigenvalue weighted by molar-refractivity contribution is 0.112. The van der Waals surface area contributed by atoms with Crippen LogP contribution in [0.2, 0.25) is 10.0 Å². The molecule has 92 valence electrons. The van der Waals surface area contributed by atoms with Crippen molar-refractivity contribution in [2.45, 2.75) is 0 Å². The van der Waals surface area contributed by atoms with E-state index in [1.54, 1.807) is 24.3 Å². The van der Waals surface area contributed by atoms with E-state index >= 15 is 0 Å². The number of halogens is 2. The Labute approximate surface area is 115 Å². The van der Waals surface area contributed by atoms with E-state index in [9.17, 15) is 4.79 Å². The number of ether oxygens (including phenoxy) is 1. The summed E-state index contributed by atoms with van der Waals surface area (Å²) in [4.78, 5) is 10.6. The zero-order chi connectivity index (χ0) is 13.1. The maximum atomic E-state index is 10.6. The third-order valence-corrected chi connectivity index (χ3v) is 3.21. The second-order valence-corrected chi connectivity index (χ2v) is 4.52. The molecule has 0 saturated heterocycles. The molecule has 0 saturated carbocycles. The quantitative estimate of drug-likeness (QED) is 0.775. The van der Waals surface area contributed by atoms with E-state index in [2.05, 4.69) is 0 Å². The number of hydrogen-bond acceptors (Lipinski definition) is 2. The average Bonchev–Trinajstić information content (AvgIpc) is 2.41. The van der Waals surface area contributed by atoms with Crippen molar-refractivity contribution in [2.24, 2.45) is 0 Å². The van der Waals surface area contributed by atoms with Crippen molar-refractivity contribution in [3.63, 3.8) is 0 Å². The van der Waals surface area contributed by atoms with Gasteiger partial charge in [-0.3, -0.25) is 4.79 Å². The van der Waals surface area contributed by atoms with Gasteiger partial charge in [-0.1, -0.05) is 47.5 Å². The molecule has 0 fully saturated rings. The van der Waals surface area contributed by atoms with E-state index in [1.807, 2.05) is 12.1 Å². The van der Waals surface area contributed by atoms with Crippen molar-refractivity contribution in [1.29, 1.82) is 0 Å². The van der Waals surface area contributed by atoms with Crippen molar-refractivity contribution < 1.29 is 9.53 Å². The number of aldehydes is 1. The first kappa shape index (κ1) is 12.9. The monoisotopic (exact) mass is 280 g/mol. The highest BCUT2D eigenvalue weighted by atomic mass is 35.5. The van der Waals surface area contributed by atoms with Crippen molar-refractivity contribution in [1.82, 2.24) is 0 Å². The third kappa shape index (κ3) is 2.50. The van der Waals surface area contributed by atoms with E-state index < -0.39 is 0 Å². The number of rotatable bonds is 3. The Morgan fingerprint density at radius 2 is 1.72 bits per heavy atom. The zero-order valence-corrected chi connectivity index (χ0v) is 11.1. The fourth-order valence-corrected chi connectivity index (χ4v) is 2.15. The Morgan fingerprint density at radius 1 is 1.06 bits per heavy atom. The molecule has 2 aromatic carbocycles. The second-order valence-electron chi connectivity index (χ2n) is 3.71. The van der Waals surface area contributed by atoms with Crippen LogP contribution in [0.4, 0.5) is 0 Å². The lowest BCUT2D eigenvalue weighted by Crippen LogP contribution is -1.87. The molecule has 0 aliphatic carbocycles. The van der Waals surface area contributed by atoms with E-state index in [0.29, 0.717) is 21.4 Å². The van der Waals surface area contributed by atoms with Gasteiger partial charge >= 0.3 is 0 Å². The smallest absolute Gasteiger partial charge is 0.150 e. The number of hydrogen-bond donors (Lipinski definition) is 0. The lowest BCUT2D eigenvalue weighted by Gasteiger charge is -2.09. The molecule has 0 atom stereocenters. The summed E-state index contributed by atoms with van der Waals surface area (Å²) >= 11 is 12.3. The van der Waals surface area contributed by atoms with Crippen LogP contribution in [-0.4, -0.2) is 13.4 Å². The first-order valence-electron chi connectivity index (χ1n) is 5.24. The summed E-state index contributed by atoms with van der Waals surface area (Å²) in [6, 6.07) is 10.5. The maximum Gasteiger partial charge on any atom is 0.150 e. The second kappa shape index (κ2) is 5.42. The molecule has 2 rings (SSSR count). The minimum Gasteiger partial charge on any atom is -0.495 e. The van der Waals surface area contributed by atoms with Crippen molar-refractivity contribution in [2.75, 3.05) is 7.11 Å². The number of carbonyl (C=O) groups is 1. The molecule has 18 heavy (non-hydrogen) atoms. The van der Waals surface area contributed by atoms with Crippen LogP contribution in [0.3, 0.4) is 0 Å². The van der Waals surface area contributed by atoms with Gasteiger partial charge in [-0.2, -0.15) is 0 Å². The van der Waals surface area contributed by atoms with Crippen molar-refractivity contribution >= 4 is 29.5 Å². The predicted octanol–water partition coefficient (Wildman–Crippen LogP) is 4.48. The summed E-state index contributed by atoms with van der Waals surface area (Å²) in [5.74, 6) is 0.537. The van der Waals surface area contributed by atoms with Crippen LogP contribution in [0.15, 0.2) is 36.4 Å². The molecule has 2 aromatic rings. The molecule has 0 amide bonds. The molecule has 0 bridgehead atoms. The van der Waals surface area contributed by atoms with Gasteiger partial charge in [0.05, 0.1) is 17.2 Å². The van der Waals surface area contributed by atoms with E-state index in [1.165, 1.54) is 7.11 Å². The van der Waals surface area contributed by atoms with Crippen molar-refractivity contribution in [3.05, 3.63) is 52.0 Å². The molecule has 2 nitrogen and oxygen atoms in total. The molecule has 0 heterocycles. The molecule has 0 unspecified atom stereocenters. The average molecular weight is 281 g/mol. The fourth-order valence-electron chi connectivity index (χ4n) is 1.65. The fraction of sp³-hybridized carbons (Fsp3) is 0.0714. The molecule has 0 aliphatic rings. The van der Waals surface area contributed by atoms with Gasteiger partial charge in [0, 0.05) is 17.2 Å². The third-order valence-electron chi connectivity index (χ3n) is 2.60. The molecule has 4 heteroatoms. The number of carbonyl (C=O) groups excluding carboxylic acids is 1. The molecule has 0 radical (unpaired) electrons. The van der Waals surface area contributed by atoms with Gasteiger partial charge in [0.25, 0.3) is 0 Å². The first-order valence-corrected chi connectivity index (χ1v) is 6.00. The Hall–Kier alpha value is -1.51. The van der Waals surface area contributed by atoms with Crippen LogP contribution in [-0.2, 0) is 0 Å². The van der Waals surface area contributed by atoms with Gasteiger partial charge in [0.15, 0.2) is 0 Å². The topological polar surface area (TPSA) is 26.3 Å². The number of benzene rings is 2. The molecular formula is C14H10Cl2O2. The predicted molar refractivity (Wildman–Crippen MR) is 73.8 cm³/mol. The highest BCUT2D eigenvalue weighted by Crippen LogP contribution is 2.36. The van der Waals surface area contributed by atoms with Gasteiger partial charge in [0.1, 0.15) is 12.0 Å². The van der Waals surface area contributed by atoms with Gasteiger partial charge in [0.2, 0.25) is 0 Å². The summed E-state index contributed by atoms with van der Waals surface area (Å²) < 4.78 is 5.09. The Bertz CT molecular complexity index is 577. The van der Waals surface area contributed by atoms with Gasteiger partial charge < -0.3 is 4.74 Å². The molecule has 0 aliphatic heterocycles. The minimum atomic E-state index is 0.497. The van der Waals surface area contributed by atoms with Gasteiger partial charge in [-0.25, -0.2) is 0 Å². The highest BCUT2D eigenvalue weighted by molar-refractivity contribution is 6.36. The van der Waals surface area contributed by atoms with Crippen LogP contribution in [0.5, 0.6) is 5.75 Å². The zero-order valence-electron chi connectivity index (χ0n) is 9.61. The van der Waals surface area contributed by atoms with Gasteiger partial charge in [-0.05, 0) is 11.6 Å². The van der Waals surface area contributed by atoms with Crippen LogP contribution in [0.25, 0.3) is 11.1 Å². The van der Waals surface area contributed by atoms with E-state index in [-0.39, 0.29) is 0 Å². The molecule has 0 N–H and O–H groups in total. The van der Waals surface area contributed by atoms with Crippen molar-refractivity contribution in [3.8, 4) is 16.9 Å². The van der Waals surface area contributed by atoms with Crippen LogP contribution in [0.1, 0.15) is 10.4 Å². The normalized spacial score (nSPS) is 10.2. The van der Waals surface area contributed by atoms with E-state index in [4.69, 9.17) is 27.9 Å². The Morgan fingerprint density at radius 3 is 2.28 bits per heavy atom. The standard InChI is InChI=1S/C14H10Cl2O2/c1-18-14-7-12(15)11(6-13(14)16)10-4-2-9(8-17)3-5-10/h2-8H,1H3. The summed E-state index contributed by atoms with van der Waals surface area (Å²) in [6.07, 6.45) is 0.798. The van der Waals surface area contributed by atoms with Gasteiger partial charge in [-0.15, -0.1) is 0 Å². The summed E-state index contributed by atoms with van der Waals surface area (Å²) in [5.41, 5.74) is 2.32. The summed E-state index contributed by atoms with van der Waals surface area (Å²) in [7, 11) is 1.54. The maximum absolute atomic E-state index is 10.6. The molecule has 0 spiro atoms. The van der Waals surface area contributed by atoms with E-state index in [0.717, 1.165) is 17.4 Å². The molecular weight excluding hydrogens is 271 g/mol. The van der Waals surface area contributed by atoms with Crippen LogP contribution in [0, 0.1) is 0 Å². The summed E-state index contributed by atoms with van der Waals surface area (Å²) in [6.45, 7) is 0. The van der Waals surface area contributed by atoms with Crippen LogP contribution < -0.4 is 4.74 Å². The lowest BCUT2D eigenvalue weighted by atomic mass is 10.0. The number of methoxy groups -OCH3 is 1. The van der Waals surface area contributed by atoms with Crippen LogP contribution >= 0.6 is 23.2 Å². The minimum absolute atomic E-state index is 0.497. The first-order chi connectivity index (χ1) is 8.65. The Balaban J connectivity index is 2.49. The molecule has 0 aromatic heterocycles. The summed E-state index contributed by atoms with van der Waals surface area (Å²) in [5, 5.41) is 1.05. The highest BCUT2D eigenvalue weighted by Gasteiger charge is 2.09. The Kier molecular flexibility index (Phi) is 3.90.